The number of carboxylic acids is 1. The summed E-state index contributed by atoms with van der Waals surface area (Å²) in [4.78, 5) is 25.4. The summed E-state index contributed by atoms with van der Waals surface area (Å²) < 4.78 is 12.2. The lowest BCUT2D eigenvalue weighted by Gasteiger charge is -2.19. The molecule has 0 saturated heterocycles. The van der Waals surface area contributed by atoms with Crippen LogP contribution in [0.2, 0.25) is 0 Å². The quantitative estimate of drug-likeness (QED) is 0.826. The second-order valence-electron chi connectivity index (χ2n) is 6.32. The summed E-state index contributed by atoms with van der Waals surface area (Å²) in [6.07, 6.45) is 1.18. The van der Waals surface area contributed by atoms with Crippen molar-refractivity contribution in [2.24, 2.45) is 0 Å². The Morgan fingerprint density at radius 2 is 2.19 bits per heavy atom. The van der Waals surface area contributed by atoms with Crippen LogP contribution in [0.1, 0.15) is 46.0 Å². The lowest BCUT2D eigenvalue weighted by Crippen LogP contribution is -2.31. The van der Waals surface area contributed by atoms with Gasteiger partial charge in [-0.25, -0.2) is 0 Å². The first-order chi connectivity index (χ1) is 12.5. The molecule has 1 N–H and O–H groups in total. The number of ether oxygens (including phenoxy) is 1. The van der Waals surface area contributed by atoms with Gasteiger partial charge in [0.2, 0.25) is 0 Å². The minimum atomic E-state index is -0.850. The van der Waals surface area contributed by atoms with Crippen molar-refractivity contribution in [3.63, 3.8) is 0 Å². The Labute approximate surface area is 150 Å². The zero-order valence-electron chi connectivity index (χ0n) is 14.9. The van der Waals surface area contributed by atoms with Gasteiger partial charge < -0.3 is 19.3 Å². The van der Waals surface area contributed by atoms with Crippen LogP contribution in [0.25, 0.3) is 0 Å². The molecule has 3 heterocycles. The Kier molecular flexibility index (Phi) is 5.36. The highest BCUT2D eigenvalue weighted by molar-refractivity contribution is 5.93. The molecule has 0 unspecified atom stereocenters. The predicted molar refractivity (Wildman–Crippen MR) is 89.5 cm³/mol. The number of aryl methyl sites for hydroxylation is 3. The highest BCUT2D eigenvalue weighted by Gasteiger charge is 2.27. The first kappa shape index (κ1) is 18.1. The smallest absolute Gasteiger partial charge is 0.303 e. The van der Waals surface area contributed by atoms with Crippen molar-refractivity contribution < 1.29 is 24.0 Å². The maximum absolute atomic E-state index is 12.9. The molecule has 26 heavy (non-hydrogen) atoms. The van der Waals surface area contributed by atoms with Gasteiger partial charge >= 0.3 is 5.97 Å². The van der Waals surface area contributed by atoms with Gasteiger partial charge in [0.15, 0.2) is 5.69 Å². The SMILES string of the molecule is COCc1c(C(=O)N2CCCn3nc(CCC(=O)O)cc3C2)noc1C. The molecule has 0 atom stereocenters. The molecule has 0 radical (unpaired) electrons. The normalized spacial score (nSPS) is 14.2. The van der Waals surface area contributed by atoms with E-state index in [9.17, 15) is 9.59 Å². The molecule has 0 fully saturated rings. The Morgan fingerprint density at radius 1 is 1.38 bits per heavy atom. The van der Waals surface area contributed by atoms with E-state index >= 15 is 0 Å². The van der Waals surface area contributed by atoms with Crippen molar-refractivity contribution in [2.45, 2.75) is 45.9 Å². The molecule has 1 aliphatic heterocycles. The van der Waals surface area contributed by atoms with E-state index in [-0.39, 0.29) is 24.6 Å². The molecule has 0 bridgehead atoms. The van der Waals surface area contributed by atoms with Gasteiger partial charge in [-0.1, -0.05) is 5.16 Å². The summed E-state index contributed by atoms with van der Waals surface area (Å²) >= 11 is 0. The number of amides is 1. The molecule has 0 aliphatic carbocycles. The average Bonchev–Trinajstić information content (AvgIpc) is 3.10. The summed E-state index contributed by atoms with van der Waals surface area (Å²) in [5.74, 6) is -0.473. The molecular formula is C17H22N4O5. The Morgan fingerprint density at radius 3 is 2.92 bits per heavy atom. The largest absolute Gasteiger partial charge is 0.481 e. The van der Waals surface area contributed by atoms with E-state index in [0.717, 1.165) is 17.8 Å². The van der Waals surface area contributed by atoms with Crippen LogP contribution in [-0.2, 0) is 35.6 Å². The third kappa shape index (κ3) is 3.77. The van der Waals surface area contributed by atoms with Gasteiger partial charge in [0.05, 0.1) is 36.5 Å². The molecule has 2 aromatic rings. The van der Waals surface area contributed by atoms with Crippen LogP contribution < -0.4 is 0 Å². The lowest BCUT2D eigenvalue weighted by molar-refractivity contribution is -0.136. The summed E-state index contributed by atoms with van der Waals surface area (Å²) in [6.45, 7) is 3.70. The summed E-state index contributed by atoms with van der Waals surface area (Å²) in [5, 5.41) is 17.2. The fourth-order valence-corrected chi connectivity index (χ4v) is 3.08. The molecule has 1 aliphatic rings. The second kappa shape index (κ2) is 7.69. The molecule has 1 amide bonds. The summed E-state index contributed by atoms with van der Waals surface area (Å²) in [7, 11) is 1.56. The number of methoxy groups -OCH3 is 1. The van der Waals surface area contributed by atoms with Gasteiger partial charge in [0, 0.05) is 26.6 Å². The average molecular weight is 362 g/mol. The maximum Gasteiger partial charge on any atom is 0.303 e. The third-order valence-electron chi connectivity index (χ3n) is 4.42. The number of carboxylic acid groups (broad SMARTS) is 1. The third-order valence-corrected chi connectivity index (χ3v) is 4.42. The predicted octanol–water partition coefficient (Wildman–Crippen LogP) is 1.39. The number of rotatable bonds is 6. The number of fused-ring (bicyclic) bond motifs is 1. The molecule has 140 valence electrons. The highest BCUT2D eigenvalue weighted by atomic mass is 16.5. The number of hydrogen-bond donors (Lipinski definition) is 1. The number of aromatic nitrogens is 3. The van der Waals surface area contributed by atoms with Crippen molar-refractivity contribution >= 4 is 11.9 Å². The van der Waals surface area contributed by atoms with Crippen LogP contribution in [0, 0.1) is 6.92 Å². The Balaban J connectivity index is 1.78. The van der Waals surface area contributed by atoms with Gasteiger partial charge in [-0.2, -0.15) is 5.10 Å². The Hall–Kier alpha value is -2.68. The van der Waals surface area contributed by atoms with Gasteiger partial charge in [0.1, 0.15) is 5.76 Å². The molecule has 0 saturated carbocycles. The van der Waals surface area contributed by atoms with E-state index < -0.39 is 5.97 Å². The van der Waals surface area contributed by atoms with Crippen LogP contribution in [-0.4, -0.2) is 50.5 Å². The maximum atomic E-state index is 12.9. The molecule has 9 nitrogen and oxygen atoms in total. The van der Waals surface area contributed by atoms with E-state index in [1.807, 2.05) is 10.7 Å². The minimum absolute atomic E-state index is 0.0394. The first-order valence-corrected chi connectivity index (χ1v) is 8.50. The zero-order valence-corrected chi connectivity index (χ0v) is 14.9. The Bertz CT molecular complexity index is 810. The van der Waals surface area contributed by atoms with Crippen molar-refractivity contribution in [3.8, 4) is 0 Å². The lowest BCUT2D eigenvalue weighted by atomic mass is 10.1. The highest BCUT2D eigenvalue weighted by Crippen LogP contribution is 2.20. The van der Waals surface area contributed by atoms with Crippen molar-refractivity contribution in [1.82, 2.24) is 19.8 Å². The van der Waals surface area contributed by atoms with Crippen molar-refractivity contribution in [3.05, 3.63) is 34.5 Å². The molecule has 2 aromatic heterocycles. The molecular weight excluding hydrogens is 340 g/mol. The molecule has 3 rings (SSSR count). The van der Waals surface area contributed by atoms with E-state index in [2.05, 4.69) is 10.3 Å². The zero-order chi connectivity index (χ0) is 18.7. The number of carbonyl (C=O) groups is 2. The fraction of sp³-hybridized carbons (Fsp3) is 0.529. The van der Waals surface area contributed by atoms with Crippen LogP contribution in [0.5, 0.6) is 0 Å². The fourth-order valence-electron chi connectivity index (χ4n) is 3.08. The van der Waals surface area contributed by atoms with Gasteiger partial charge in [-0.05, 0) is 19.4 Å². The molecule has 0 aromatic carbocycles. The van der Waals surface area contributed by atoms with Crippen LogP contribution in [0.15, 0.2) is 10.6 Å². The van der Waals surface area contributed by atoms with E-state index in [0.29, 0.717) is 37.4 Å². The van der Waals surface area contributed by atoms with E-state index in [4.69, 9.17) is 14.4 Å². The number of hydrogen-bond acceptors (Lipinski definition) is 6. The number of carbonyl (C=O) groups excluding carboxylic acids is 1. The van der Waals surface area contributed by atoms with Gasteiger partial charge in [-0.15, -0.1) is 0 Å². The van der Waals surface area contributed by atoms with Crippen LogP contribution in [0.4, 0.5) is 0 Å². The number of aliphatic carboxylic acids is 1. The van der Waals surface area contributed by atoms with Crippen molar-refractivity contribution in [2.75, 3.05) is 13.7 Å². The van der Waals surface area contributed by atoms with Gasteiger partial charge in [-0.3, -0.25) is 14.3 Å². The topological polar surface area (TPSA) is 111 Å². The van der Waals surface area contributed by atoms with Crippen LogP contribution in [0.3, 0.4) is 0 Å². The molecule has 0 spiro atoms. The van der Waals surface area contributed by atoms with Crippen molar-refractivity contribution in [1.29, 1.82) is 0 Å². The minimum Gasteiger partial charge on any atom is -0.481 e. The summed E-state index contributed by atoms with van der Waals surface area (Å²) in [5.41, 5.74) is 2.57. The van der Waals surface area contributed by atoms with E-state index in [1.165, 1.54) is 0 Å². The van der Waals surface area contributed by atoms with Gasteiger partial charge in [0.25, 0.3) is 5.91 Å². The second-order valence-corrected chi connectivity index (χ2v) is 6.32. The van der Waals surface area contributed by atoms with E-state index in [1.54, 1.807) is 18.9 Å². The summed E-state index contributed by atoms with van der Waals surface area (Å²) in [6, 6.07) is 1.87. The van der Waals surface area contributed by atoms with Crippen LogP contribution >= 0.6 is 0 Å². The number of nitrogens with zero attached hydrogens (tertiary/aromatic N) is 4. The first-order valence-electron chi connectivity index (χ1n) is 8.50. The monoisotopic (exact) mass is 362 g/mol. The standard InChI is InChI=1S/C17H22N4O5/c1-11-14(10-25-2)16(19-26-11)17(24)20-6-3-7-21-13(9-20)8-12(18-21)4-5-15(22)23/h8H,3-7,9-10H2,1-2H3,(H,22,23). The molecule has 9 heteroatoms.